The number of hydrogen-bond donors (Lipinski definition) is 2. The van der Waals surface area contributed by atoms with Crippen LogP contribution in [0.2, 0.25) is 0 Å². The summed E-state index contributed by atoms with van der Waals surface area (Å²) >= 11 is 0. The fourth-order valence-electron chi connectivity index (χ4n) is 1.68. The molecule has 0 bridgehead atoms. The minimum atomic E-state index is -0.420. The molecule has 1 aromatic carbocycles. The van der Waals surface area contributed by atoms with Crippen molar-refractivity contribution in [2.45, 2.75) is 6.92 Å². The summed E-state index contributed by atoms with van der Waals surface area (Å²) in [7, 11) is 0. The average Bonchev–Trinajstić information content (AvgIpc) is 3.00. The summed E-state index contributed by atoms with van der Waals surface area (Å²) in [5, 5.41) is 5.23. The summed E-state index contributed by atoms with van der Waals surface area (Å²) in [5.74, 6) is -1.08. The summed E-state index contributed by atoms with van der Waals surface area (Å²) < 4.78 is 18.1. The fourth-order valence-corrected chi connectivity index (χ4v) is 1.68. The Morgan fingerprint density at radius 1 is 1.10 bits per heavy atom. The molecule has 0 radical (unpaired) electrons. The van der Waals surface area contributed by atoms with E-state index in [1.807, 2.05) is 0 Å². The summed E-state index contributed by atoms with van der Waals surface area (Å²) in [5.41, 5.74) is 1.15. The molecule has 2 rings (SSSR count). The van der Waals surface area contributed by atoms with Crippen LogP contribution in [0.1, 0.15) is 26.3 Å². The third-order valence-corrected chi connectivity index (χ3v) is 2.91. The van der Waals surface area contributed by atoms with Crippen LogP contribution < -0.4 is 10.6 Å². The van der Waals surface area contributed by atoms with Gasteiger partial charge in [-0.15, -0.1) is 0 Å². The maximum Gasteiger partial charge on any atom is 0.254 e. The maximum absolute atomic E-state index is 13.3. The number of furan rings is 1. The molecule has 0 aliphatic carbocycles. The Morgan fingerprint density at radius 3 is 2.33 bits per heavy atom. The van der Waals surface area contributed by atoms with Gasteiger partial charge in [-0.05, 0) is 30.7 Å². The molecule has 2 aromatic rings. The maximum atomic E-state index is 13.3. The van der Waals surface area contributed by atoms with Crippen molar-refractivity contribution < 1.29 is 18.4 Å². The van der Waals surface area contributed by atoms with Gasteiger partial charge in [-0.1, -0.05) is 6.07 Å². The number of aryl methyl sites for hydroxylation is 1. The first-order valence-corrected chi connectivity index (χ1v) is 6.42. The van der Waals surface area contributed by atoms with Crippen LogP contribution in [0, 0.1) is 12.7 Å². The van der Waals surface area contributed by atoms with Crippen molar-refractivity contribution in [1.29, 1.82) is 0 Å². The monoisotopic (exact) mass is 290 g/mol. The molecule has 6 heteroatoms. The molecule has 0 fully saturated rings. The number of rotatable bonds is 5. The Morgan fingerprint density at radius 2 is 1.76 bits per heavy atom. The van der Waals surface area contributed by atoms with E-state index >= 15 is 0 Å². The Hall–Kier alpha value is -2.63. The highest BCUT2D eigenvalue weighted by molar-refractivity contribution is 5.95. The zero-order chi connectivity index (χ0) is 15.2. The standard InChI is InChI=1S/C15H15FN2O3/c1-10-2-3-11(8-13(10)16)14(19)17-5-6-18-15(20)12-4-7-21-9-12/h2-4,7-9H,5-6H2,1H3,(H,17,19)(H,18,20). The van der Waals surface area contributed by atoms with E-state index in [0.29, 0.717) is 11.1 Å². The van der Waals surface area contributed by atoms with Gasteiger partial charge in [0.15, 0.2) is 0 Å². The van der Waals surface area contributed by atoms with E-state index in [1.165, 1.54) is 18.6 Å². The largest absolute Gasteiger partial charge is 0.472 e. The Bertz CT molecular complexity index is 638. The number of benzene rings is 1. The average molecular weight is 290 g/mol. The van der Waals surface area contributed by atoms with Crippen LogP contribution in [-0.4, -0.2) is 24.9 Å². The molecule has 5 nitrogen and oxygen atoms in total. The highest BCUT2D eigenvalue weighted by Crippen LogP contribution is 2.08. The van der Waals surface area contributed by atoms with Crippen molar-refractivity contribution in [3.05, 3.63) is 59.3 Å². The van der Waals surface area contributed by atoms with Crippen molar-refractivity contribution in [3.63, 3.8) is 0 Å². The smallest absolute Gasteiger partial charge is 0.254 e. The molecule has 2 N–H and O–H groups in total. The van der Waals surface area contributed by atoms with Gasteiger partial charge in [0.05, 0.1) is 11.8 Å². The van der Waals surface area contributed by atoms with Crippen LogP contribution >= 0.6 is 0 Å². The first-order chi connectivity index (χ1) is 10.1. The molecule has 0 saturated heterocycles. The molecule has 0 saturated carbocycles. The predicted molar refractivity (Wildman–Crippen MR) is 74.5 cm³/mol. The van der Waals surface area contributed by atoms with E-state index in [4.69, 9.17) is 4.42 Å². The summed E-state index contributed by atoms with van der Waals surface area (Å²) in [4.78, 5) is 23.3. The van der Waals surface area contributed by atoms with E-state index < -0.39 is 5.82 Å². The number of carbonyl (C=O) groups is 2. The molecule has 1 heterocycles. The quantitative estimate of drug-likeness (QED) is 0.826. The lowest BCUT2D eigenvalue weighted by atomic mass is 10.1. The Labute approximate surface area is 121 Å². The highest BCUT2D eigenvalue weighted by atomic mass is 19.1. The van der Waals surface area contributed by atoms with Crippen LogP contribution in [0.25, 0.3) is 0 Å². The topological polar surface area (TPSA) is 71.3 Å². The van der Waals surface area contributed by atoms with Gasteiger partial charge in [-0.25, -0.2) is 4.39 Å². The number of halogens is 1. The number of amides is 2. The second-order valence-electron chi connectivity index (χ2n) is 4.49. The molecule has 0 spiro atoms. The van der Waals surface area contributed by atoms with Gasteiger partial charge in [0.2, 0.25) is 0 Å². The van der Waals surface area contributed by atoms with Gasteiger partial charge in [0, 0.05) is 18.7 Å². The number of carbonyl (C=O) groups excluding carboxylic acids is 2. The van der Waals surface area contributed by atoms with Crippen molar-refractivity contribution in [2.24, 2.45) is 0 Å². The molecular formula is C15H15FN2O3. The zero-order valence-electron chi connectivity index (χ0n) is 11.5. The van der Waals surface area contributed by atoms with Crippen LogP contribution in [0.5, 0.6) is 0 Å². The molecule has 0 atom stereocenters. The highest BCUT2D eigenvalue weighted by Gasteiger charge is 2.08. The molecule has 0 aliphatic heterocycles. The Kier molecular flexibility index (Phi) is 4.71. The number of nitrogens with one attached hydrogen (secondary N) is 2. The second-order valence-corrected chi connectivity index (χ2v) is 4.49. The first-order valence-electron chi connectivity index (χ1n) is 6.42. The molecule has 110 valence electrons. The number of hydrogen-bond acceptors (Lipinski definition) is 3. The second kappa shape index (κ2) is 6.69. The van der Waals surface area contributed by atoms with E-state index in [9.17, 15) is 14.0 Å². The van der Waals surface area contributed by atoms with Crippen LogP contribution in [0.15, 0.2) is 41.2 Å². The van der Waals surface area contributed by atoms with Gasteiger partial charge in [0.1, 0.15) is 12.1 Å². The van der Waals surface area contributed by atoms with Crippen LogP contribution in [0.4, 0.5) is 4.39 Å². The zero-order valence-corrected chi connectivity index (χ0v) is 11.5. The minimum absolute atomic E-state index is 0.248. The lowest BCUT2D eigenvalue weighted by Gasteiger charge is -2.07. The van der Waals surface area contributed by atoms with E-state index in [-0.39, 0.29) is 30.5 Å². The van der Waals surface area contributed by atoms with Crippen molar-refractivity contribution >= 4 is 11.8 Å². The third-order valence-electron chi connectivity index (χ3n) is 2.91. The van der Waals surface area contributed by atoms with Crippen LogP contribution in [0.3, 0.4) is 0 Å². The van der Waals surface area contributed by atoms with E-state index in [0.717, 1.165) is 0 Å². The third kappa shape index (κ3) is 3.92. The normalized spacial score (nSPS) is 10.2. The summed E-state index contributed by atoms with van der Waals surface area (Å²) in [6.45, 7) is 2.14. The summed E-state index contributed by atoms with van der Waals surface area (Å²) in [6, 6.07) is 5.83. The lowest BCUT2D eigenvalue weighted by Crippen LogP contribution is -2.34. The lowest BCUT2D eigenvalue weighted by molar-refractivity contribution is 0.0927. The van der Waals surface area contributed by atoms with Crippen molar-refractivity contribution in [2.75, 3.05) is 13.1 Å². The van der Waals surface area contributed by atoms with Crippen molar-refractivity contribution in [1.82, 2.24) is 10.6 Å². The van der Waals surface area contributed by atoms with Gasteiger partial charge in [-0.3, -0.25) is 9.59 Å². The molecule has 0 aliphatic rings. The molecule has 0 unspecified atom stereocenters. The fraction of sp³-hybridized carbons (Fsp3) is 0.200. The van der Waals surface area contributed by atoms with Crippen LogP contribution in [-0.2, 0) is 0 Å². The van der Waals surface area contributed by atoms with Gasteiger partial charge in [-0.2, -0.15) is 0 Å². The molecular weight excluding hydrogens is 275 g/mol. The van der Waals surface area contributed by atoms with E-state index in [1.54, 1.807) is 25.1 Å². The Balaban J connectivity index is 1.77. The molecule has 1 aromatic heterocycles. The van der Waals surface area contributed by atoms with E-state index in [2.05, 4.69) is 10.6 Å². The molecule has 2 amide bonds. The van der Waals surface area contributed by atoms with Gasteiger partial charge < -0.3 is 15.1 Å². The first kappa shape index (κ1) is 14.8. The van der Waals surface area contributed by atoms with Gasteiger partial charge in [0.25, 0.3) is 11.8 Å². The predicted octanol–water partition coefficient (Wildman–Crippen LogP) is 1.89. The summed E-state index contributed by atoms with van der Waals surface area (Å²) in [6.07, 6.45) is 2.74. The minimum Gasteiger partial charge on any atom is -0.472 e. The van der Waals surface area contributed by atoms with Crippen molar-refractivity contribution in [3.8, 4) is 0 Å². The SMILES string of the molecule is Cc1ccc(C(=O)NCCNC(=O)c2ccoc2)cc1F. The molecule has 21 heavy (non-hydrogen) atoms. The van der Waals surface area contributed by atoms with Gasteiger partial charge >= 0.3 is 0 Å².